The van der Waals surface area contributed by atoms with E-state index >= 15 is 0 Å². The highest BCUT2D eigenvalue weighted by molar-refractivity contribution is 6.05. The van der Waals surface area contributed by atoms with E-state index in [9.17, 15) is 14.4 Å². The number of amides is 3. The Morgan fingerprint density at radius 1 is 0.943 bits per heavy atom. The Morgan fingerprint density at radius 2 is 1.63 bits per heavy atom. The van der Waals surface area contributed by atoms with Gasteiger partial charge >= 0.3 is 0 Å². The molecule has 2 aromatic carbocycles. The van der Waals surface area contributed by atoms with E-state index in [1.54, 1.807) is 59.2 Å². The number of anilines is 2. The van der Waals surface area contributed by atoms with Crippen LogP contribution in [0.2, 0.25) is 0 Å². The Kier molecular flexibility index (Phi) is 6.77. The number of nitrogens with zero attached hydrogens (tertiary/aromatic N) is 2. The molecule has 0 bridgehead atoms. The lowest BCUT2D eigenvalue weighted by molar-refractivity contribution is -0.122. The minimum absolute atomic E-state index is 0.0856. The lowest BCUT2D eigenvalue weighted by atomic mass is 10.1. The normalized spacial score (nSPS) is 15.1. The number of nitrogens with one attached hydrogen (secondary N) is 2. The van der Waals surface area contributed by atoms with E-state index in [0.29, 0.717) is 28.4 Å². The first-order valence-corrected chi connectivity index (χ1v) is 11.2. The molecular formula is C26H28N4O5. The van der Waals surface area contributed by atoms with Crippen molar-refractivity contribution in [3.63, 3.8) is 0 Å². The second-order valence-electron chi connectivity index (χ2n) is 8.40. The summed E-state index contributed by atoms with van der Waals surface area (Å²) in [6, 6.07) is 15.7. The van der Waals surface area contributed by atoms with Crippen LogP contribution >= 0.6 is 0 Å². The number of hydrogen-bond acceptors (Lipinski definition) is 5. The molecule has 1 aliphatic heterocycles. The van der Waals surface area contributed by atoms with Crippen molar-refractivity contribution in [1.29, 1.82) is 0 Å². The molecule has 1 saturated heterocycles. The predicted octanol–water partition coefficient (Wildman–Crippen LogP) is 3.50. The average molecular weight is 477 g/mol. The molecule has 3 aromatic rings. The van der Waals surface area contributed by atoms with E-state index in [1.165, 1.54) is 7.11 Å². The van der Waals surface area contributed by atoms with E-state index in [2.05, 4.69) is 10.7 Å². The van der Waals surface area contributed by atoms with Gasteiger partial charge in [0.1, 0.15) is 11.5 Å². The smallest absolute Gasteiger partial charge is 0.270 e. The number of methoxy groups -OCH3 is 2. The molecule has 3 amide bonds. The molecule has 182 valence electrons. The molecule has 2 N–H and O–H groups in total. The van der Waals surface area contributed by atoms with Crippen LogP contribution in [-0.4, -0.2) is 43.2 Å². The molecular weight excluding hydrogens is 448 g/mol. The monoisotopic (exact) mass is 476 g/mol. The van der Waals surface area contributed by atoms with Crippen molar-refractivity contribution in [3.8, 4) is 11.5 Å². The van der Waals surface area contributed by atoms with Crippen LogP contribution in [0, 0.1) is 19.8 Å². The molecule has 9 nitrogen and oxygen atoms in total. The molecule has 4 rings (SSSR count). The van der Waals surface area contributed by atoms with Gasteiger partial charge in [0.25, 0.3) is 5.91 Å². The number of ether oxygens (including phenoxy) is 2. The molecule has 35 heavy (non-hydrogen) atoms. The van der Waals surface area contributed by atoms with Crippen molar-refractivity contribution in [1.82, 2.24) is 4.68 Å². The third-order valence-corrected chi connectivity index (χ3v) is 6.07. The van der Waals surface area contributed by atoms with Crippen LogP contribution in [0.5, 0.6) is 11.5 Å². The molecule has 9 heteroatoms. The number of carbonyl (C=O) groups is 3. The third kappa shape index (κ3) is 4.98. The zero-order valence-corrected chi connectivity index (χ0v) is 20.1. The maximum absolute atomic E-state index is 12.9. The van der Waals surface area contributed by atoms with Crippen molar-refractivity contribution >= 4 is 29.1 Å². The van der Waals surface area contributed by atoms with Crippen LogP contribution in [0.4, 0.5) is 11.4 Å². The molecule has 0 saturated carbocycles. The van der Waals surface area contributed by atoms with Gasteiger partial charge in [-0.1, -0.05) is 0 Å². The maximum Gasteiger partial charge on any atom is 0.270 e. The largest absolute Gasteiger partial charge is 0.497 e. The number of aromatic nitrogens is 1. The summed E-state index contributed by atoms with van der Waals surface area (Å²) < 4.78 is 12.4. The van der Waals surface area contributed by atoms with E-state index in [-0.39, 0.29) is 30.7 Å². The van der Waals surface area contributed by atoms with Crippen molar-refractivity contribution in [2.24, 2.45) is 5.92 Å². The zero-order chi connectivity index (χ0) is 25.1. The third-order valence-electron chi connectivity index (χ3n) is 6.07. The molecule has 2 heterocycles. The molecule has 1 aromatic heterocycles. The van der Waals surface area contributed by atoms with Crippen molar-refractivity contribution in [2.45, 2.75) is 20.3 Å². The van der Waals surface area contributed by atoms with Crippen molar-refractivity contribution in [2.75, 3.05) is 36.4 Å². The number of hydrogen-bond donors (Lipinski definition) is 2. The summed E-state index contributed by atoms with van der Waals surface area (Å²) >= 11 is 0. The Balaban J connectivity index is 1.40. The topological polar surface area (TPSA) is 102 Å². The summed E-state index contributed by atoms with van der Waals surface area (Å²) in [4.78, 5) is 39.7. The van der Waals surface area contributed by atoms with Crippen LogP contribution < -0.4 is 25.1 Å². The lowest BCUT2D eigenvalue weighted by Gasteiger charge is -2.20. The minimum Gasteiger partial charge on any atom is -0.497 e. The molecule has 0 spiro atoms. The van der Waals surface area contributed by atoms with Gasteiger partial charge in [-0.25, -0.2) is 0 Å². The van der Waals surface area contributed by atoms with Crippen molar-refractivity contribution in [3.05, 3.63) is 71.5 Å². The van der Waals surface area contributed by atoms with Gasteiger partial charge in [-0.2, -0.15) is 0 Å². The Hall–Kier alpha value is -4.27. The summed E-state index contributed by atoms with van der Waals surface area (Å²) in [5.74, 6) is -0.0967. The van der Waals surface area contributed by atoms with Crippen LogP contribution in [-0.2, 0) is 9.59 Å². The number of carbonyl (C=O) groups excluding carboxylic acids is 3. The Morgan fingerprint density at radius 3 is 2.26 bits per heavy atom. The van der Waals surface area contributed by atoms with Gasteiger partial charge in [-0.15, -0.1) is 0 Å². The lowest BCUT2D eigenvalue weighted by Crippen LogP contribution is -2.28. The molecule has 1 fully saturated rings. The van der Waals surface area contributed by atoms with Gasteiger partial charge in [0.2, 0.25) is 11.8 Å². The molecule has 0 aliphatic carbocycles. The standard InChI is InChI=1S/C26H28N4O5/c1-16-5-6-17(2)30(16)28-26(33)18-7-9-20(10-8-18)27-25(32)19-13-24(31)29(15-19)22-14-21(34-3)11-12-23(22)35-4/h5-12,14,19H,13,15H2,1-4H3,(H,27,32)(H,28,33)/t19-/m1/s1. The average Bonchev–Trinajstić information content (AvgIpc) is 3.41. The van der Waals surface area contributed by atoms with Gasteiger partial charge in [0, 0.05) is 41.7 Å². The summed E-state index contributed by atoms with van der Waals surface area (Å²) in [7, 11) is 3.08. The fraction of sp³-hybridized carbons (Fsp3) is 0.269. The van der Waals surface area contributed by atoms with E-state index in [1.807, 2.05) is 26.0 Å². The highest BCUT2D eigenvalue weighted by atomic mass is 16.5. The second kappa shape index (κ2) is 9.92. The first-order chi connectivity index (χ1) is 16.8. The van der Waals surface area contributed by atoms with Crippen LogP contribution in [0.15, 0.2) is 54.6 Å². The molecule has 0 radical (unpaired) electrons. The molecule has 0 unspecified atom stereocenters. The van der Waals surface area contributed by atoms with E-state index in [0.717, 1.165) is 11.4 Å². The van der Waals surface area contributed by atoms with Gasteiger partial charge in [0.05, 0.1) is 25.8 Å². The van der Waals surface area contributed by atoms with Crippen LogP contribution in [0.1, 0.15) is 28.2 Å². The van der Waals surface area contributed by atoms with E-state index in [4.69, 9.17) is 9.47 Å². The summed E-state index contributed by atoms with van der Waals surface area (Å²) in [6.45, 7) is 4.04. The van der Waals surface area contributed by atoms with E-state index < -0.39 is 5.92 Å². The summed E-state index contributed by atoms with van der Waals surface area (Å²) in [6.07, 6.45) is 0.0856. The highest BCUT2D eigenvalue weighted by Gasteiger charge is 2.36. The fourth-order valence-corrected chi connectivity index (χ4v) is 4.08. The Labute approximate surface area is 203 Å². The number of aryl methyl sites for hydroxylation is 2. The number of rotatable bonds is 7. The molecule has 1 aliphatic rings. The Bertz CT molecular complexity index is 1250. The van der Waals surface area contributed by atoms with Crippen LogP contribution in [0.3, 0.4) is 0 Å². The zero-order valence-electron chi connectivity index (χ0n) is 20.1. The van der Waals surface area contributed by atoms with Gasteiger partial charge in [-0.3, -0.25) is 24.5 Å². The fourth-order valence-electron chi connectivity index (χ4n) is 4.08. The SMILES string of the molecule is COc1ccc(OC)c(N2C[C@H](C(=O)Nc3ccc(C(=O)Nn4c(C)ccc4C)cc3)CC2=O)c1. The molecule has 1 atom stereocenters. The first kappa shape index (κ1) is 23.9. The van der Waals surface area contributed by atoms with Gasteiger partial charge < -0.3 is 19.7 Å². The van der Waals surface area contributed by atoms with Gasteiger partial charge in [0.15, 0.2) is 0 Å². The van der Waals surface area contributed by atoms with Gasteiger partial charge in [-0.05, 0) is 62.4 Å². The number of benzene rings is 2. The minimum atomic E-state index is -0.527. The first-order valence-electron chi connectivity index (χ1n) is 11.2. The second-order valence-corrected chi connectivity index (χ2v) is 8.40. The summed E-state index contributed by atoms with van der Waals surface area (Å²) in [5, 5.41) is 2.85. The van der Waals surface area contributed by atoms with Crippen LogP contribution in [0.25, 0.3) is 0 Å². The highest BCUT2D eigenvalue weighted by Crippen LogP contribution is 2.36. The summed E-state index contributed by atoms with van der Waals surface area (Å²) in [5.41, 5.74) is 6.27. The predicted molar refractivity (Wildman–Crippen MR) is 133 cm³/mol. The maximum atomic E-state index is 12.9. The van der Waals surface area contributed by atoms with Crippen molar-refractivity contribution < 1.29 is 23.9 Å². The quantitative estimate of drug-likeness (QED) is 0.544.